The summed E-state index contributed by atoms with van der Waals surface area (Å²) in [5.41, 5.74) is 0. The maximum atomic E-state index is 1.44. The van der Waals surface area contributed by atoms with Gasteiger partial charge in [0, 0.05) is 45.7 Å². The standard InChI is InChI=1S/Al.H3Si.Zn.Zr.2H/h;1H3;;;;. The monoisotopic (exact) mass is 214 g/mol. The van der Waals surface area contributed by atoms with Gasteiger partial charge >= 0.3 is 0 Å². The normalized spacial score (nSPS) is 2.00. The quantitative estimate of drug-likeness (QED) is 0.407. The molecule has 0 fully saturated rings. The molecular formula is H5AlSiZnZr. The van der Waals surface area contributed by atoms with Crippen LogP contribution in [0.3, 0.4) is 0 Å². The fraction of sp³-hybridized carbons (Fsp3) is 0. The van der Waals surface area contributed by atoms with E-state index in [1.807, 2.05) is 0 Å². The van der Waals surface area contributed by atoms with Crippen LogP contribution in [-0.2, 0) is 45.7 Å². The Balaban J connectivity index is -0.00000000500. The van der Waals surface area contributed by atoms with E-state index >= 15 is 0 Å². The van der Waals surface area contributed by atoms with Gasteiger partial charge in [0.15, 0.2) is 15.6 Å². The predicted molar refractivity (Wildman–Crippen MR) is 18.5 cm³/mol. The summed E-state index contributed by atoms with van der Waals surface area (Å²) in [6, 6.07) is 0. The van der Waals surface area contributed by atoms with Gasteiger partial charge < -0.3 is 0 Å². The van der Waals surface area contributed by atoms with Gasteiger partial charge in [-0.15, -0.1) is 0 Å². The zero-order chi connectivity index (χ0) is 2.00. The molecule has 0 rings (SSSR count). The van der Waals surface area contributed by atoms with Gasteiger partial charge in [0.25, 0.3) is 0 Å². The molecule has 0 bridgehead atoms. The molecule has 0 aliphatic heterocycles. The number of hydrogen-bond donors (Lipinski definition) is 0. The van der Waals surface area contributed by atoms with Gasteiger partial charge in [-0.25, -0.2) is 0 Å². The molecular weight excluding hydrogens is 212 g/mol. The van der Waals surface area contributed by atoms with Crippen molar-refractivity contribution in [3.8, 4) is 0 Å². The first-order valence-corrected chi connectivity index (χ1v) is 9.00. The van der Waals surface area contributed by atoms with Crippen molar-refractivity contribution in [2.24, 2.45) is 0 Å². The van der Waals surface area contributed by atoms with Crippen LogP contribution < -0.4 is 0 Å². The third kappa shape index (κ3) is 8.87. The molecule has 0 aromatic carbocycles. The zero-order valence-corrected chi connectivity index (χ0v) is 12.6. The molecule has 0 saturated carbocycles. The topological polar surface area (TPSA) is 0 Å². The second-order valence-electron chi connectivity index (χ2n) is 0. The van der Waals surface area contributed by atoms with E-state index in [-0.39, 0.29) is 45.7 Å². The second kappa shape index (κ2) is 18.7. The summed E-state index contributed by atoms with van der Waals surface area (Å²) in [5, 5.41) is 0. The van der Waals surface area contributed by atoms with Gasteiger partial charge in [-0.2, -0.15) is 0 Å². The fourth-order valence-corrected chi connectivity index (χ4v) is 0. The van der Waals surface area contributed by atoms with E-state index in [1.54, 1.807) is 0 Å². The van der Waals surface area contributed by atoms with E-state index in [4.69, 9.17) is 0 Å². The Kier molecular flexibility index (Phi) is 76.2. The summed E-state index contributed by atoms with van der Waals surface area (Å²) < 4.78 is 0. The molecule has 18 valence electrons. The average Bonchev–Trinajstić information content (AvgIpc) is 1.00. The molecule has 0 saturated heterocycles. The van der Waals surface area contributed by atoms with Crippen LogP contribution >= 0.6 is 0 Å². The van der Waals surface area contributed by atoms with Crippen molar-refractivity contribution in [2.75, 3.05) is 0 Å². The SMILES string of the molecule is [AlH2][SiH3].[Zn].[Zr]. The molecule has 0 radical (unpaired) electrons. The summed E-state index contributed by atoms with van der Waals surface area (Å²) in [5.74, 6) is 0. The summed E-state index contributed by atoms with van der Waals surface area (Å²) >= 11 is 1.44. The smallest absolute Gasteiger partial charge is 0.0504 e. The van der Waals surface area contributed by atoms with Crippen molar-refractivity contribution >= 4 is 24.4 Å². The van der Waals surface area contributed by atoms with Gasteiger partial charge in [-0.3, -0.25) is 0 Å². The van der Waals surface area contributed by atoms with E-state index in [2.05, 4.69) is 0 Å². The molecule has 0 nitrogen and oxygen atoms in total. The van der Waals surface area contributed by atoms with Crippen LogP contribution in [-0.4, -0.2) is 24.4 Å². The minimum Gasteiger partial charge on any atom is -0.0504 e. The average molecular weight is 217 g/mol. The zero-order valence-electron chi connectivity index (χ0n) is 3.21. The van der Waals surface area contributed by atoms with Crippen LogP contribution in [0.15, 0.2) is 0 Å². The van der Waals surface area contributed by atoms with Gasteiger partial charge in [0.2, 0.25) is 0 Å². The molecule has 0 aromatic heterocycles. The van der Waals surface area contributed by atoms with E-state index in [9.17, 15) is 0 Å². The Morgan fingerprint density at radius 2 is 1.25 bits per heavy atom. The molecule has 0 unspecified atom stereocenters. The Bertz CT molecular complexity index is 8.00. The summed E-state index contributed by atoms with van der Waals surface area (Å²) in [4.78, 5) is 0. The minimum absolute atomic E-state index is 0. The van der Waals surface area contributed by atoms with Crippen molar-refractivity contribution in [3.05, 3.63) is 0 Å². The van der Waals surface area contributed by atoms with Gasteiger partial charge in [-0.05, 0) is 0 Å². The second-order valence-corrected chi connectivity index (χ2v) is 0. The molecule has 0 aliphatic rings. The van der Waals surface area contributed by atoms with Gasteiger partial charge in [-0.1, -0.05) is 8.80 Å². The Labute approximate surface area is 69.3 Å². The molecule has 0 aliphatic carbocycles. The van der Waals surface area contributed by atoms with Crippen LogP contribution in [0, 0.1) is 0 Å². The predicted octanol–water partition coefficient (Wildman–Crippen LogP) is -2.11. The van der Waals surface area contributed by atoms with Crippen LogP contribution in [0.2, 0.25) is 0 Å². The maximum Gasteiger partial charge on any atom is 0.193 e. The Morgan fingerprint density at radius 3 is 1.25 bits per heavy atom. The first-order valence-electron chi connectivity index (χ1n) is 1.00. The van der Waals surface area contributed by atoms with E-state index in [1.165, 1.54) is 24.4 Å². The van der Waals surface area contributed by atoms with Gasteiger partial charge in [0.1, 0.15) is 0 Å². The van der Waals surface area contributed by atoms with Gasteiger partial charge in [0.05, 0.1) is 0 Å². The largest absolute Gasteiger partial charge is 0.193 e. The first-order chi connectivity index (χ1) is 1.00. The number of hydrogen-bond acceptors (Lipinski definition) is 0. The maximum absolute atomic E-state index is 1.44. The first kappa shape index (κ1) is 16.3. The Morgan fingerprint density at radius 1 is 1.25 bits per heavy atom. The molecule has 0 N–H and O–H groups in total. The van der Waals surface area contributed by atoms with Crippen molar-refractivity contribution < 1.29 is 45.7 Å². The third-order valence-corrected chi connectivity index (χ3v) is 0. The van der Waals surface area contributed by atoms with Crippen LogP contribution in [0.5, 0.6) is 0 Å². The summed E-state index contributed by atoms with van der Waals surface area (Å²) in [6.07, 6.45) is 0. The van der Waals surface area contributed by atoms with Crippen LogP contribution in [0.25, 0.3) is 0 Å². The summed E-state index contributed by atoms with van der Waals surface area (Å²) in [6.45, 7) is 0. The molecule has 0 aromatic rings. The van der Waals surface area contributed by atoms with Crippen LogP contribution in [0.4, 0.5) is 0 Å². The van der Waals surface area contributed by atoms with Crippen molar-refractivity contribution in [1.82, 2.24) is 0 Å². The minimum atomic E-state index is 0. The van der Waals surface area contributed by atoms with Crippen molar-refractivity contribution in [1.29, 1.82) is 0 Å². The molecule has 4 heavy (non-hydrogen) atoms. The van der Waals surface area contributed by atoms with E-state index in [0.717, 1.165) is 0 Å². The van der Waals surface area contributed by atoms with E-state index in [0.29, 0.717) is 0 Å². The Hall–Kier alpha value is 2.26. The van der Waals surface area contributed by atoms with Crippen LogP contribution in [0.1, 0.15) is 0 Å². The molecule has 0 atom stereocenters. The van der Waals surface area contributed by atoms with Crippen molar-refractivity contribution in [3.63, 3.8) is 0 Å². The molecule has 4 heteroatoms. The molecule has 0 amide bonds. The summed E-state index contributed by atoms with van der Waals surface area (Å²) in [7, 11) is 1.44. The van der Waals surface area contributed by atoms with Crippen molar-refractivity contribution in [2.45, 2.75) is 0 Å². The fourth-order valence-electron chi connectivity index (χ4n) is 0. The number of rotatable bonds is 0. The molecule has 0 heterocycles. The molecule has 0 spiro atoms. The third-order valence-electron chi connectivity index (χ3n) is 0. The van der Waals surface area contributed by atoms with E-state index < -0.39 is 0 Å².